The lowest BCUT2D eigenvalue weighted by atomic mass is 9.63. The van der Waals surface area contributed by atoms with Crippen molar-refractivity contribution in [2.75, 3.05) is 26.2 Å². The van der Waals surface area contributed by atoms with Crippen molar-refractivity contribution in [2.24, 2.45) is 23.0 Å². The largest absolute Gasteiger partial charge is 0.428 e. The fourth-order valence-electron chi connectivity index (χ4n) is 5.55. The second-order valence-corrected chi connectivity index (χ2v) is 13.4. The van der Waals surface area contributed by atoms with E-state index in [9.17, 15) is 9.59 Å². The number of nitrogens with two attached hydrogens (primary N) is 1. The Balaban J connectivity index is 1.44. The summed E-state index contributed by atoms with van der Waals surface area (Å²) in [7, 11) is -2.41. The number of hydrogen-bond acceptors (Lipinski definition) is 4. The first kappa shape index (κ1) is 20.1. The van der Waals surface area contributed by atoms with Gasteiger partial charge in [-0.05, 0) is 80.9 Å². The van der Waals surface area contributed by atoms with E-state index in [4.69, 9.17) is 10.5 Å². The molecule has 1 aliphatic carbocycles. The van der Waals surface area contributed by atoms with Gasteiger partial charge in [-0.2, -0.15) is 0 Å². The van der Waals surface area contributed by atoms with E-state index in [0.717, 1.165) is 50.7 Å². The molecule has 3 fully saturated rings. The van der Waals surface area contributed by atoms with E-state index in [1.807, 2.05) is 42.3 Å². The minimum Gasteiger partial charge on any atom is -0.428 e. The van der Waals surface area contributed by atoms with Gasteiger partial charge in [-0.3, -0.25) is 4.79 Å². The Morgan fingerprint density at radius 3 is 2.75 bits per heavy atom. The van der Waals surface area contributed by atoms with Crippen molar-refractivity contribution in [1.82, 2.24) is 4.90 Å². The second kappa shape index (κ2) is 7.56. The first-order valence-electron chi connectivity index (χ1n) is 10.8. The Kier molecular flexibility index (Phi) is 5.42. The summed E-state index contributed by atoms with van der Waals surface area (Å²) in [6, 6.07) is 7.59. The SMILES string of the molecule is C[Si](C)(O)c1cccc(C(=O)N2CCC3(CC2)COC2CCC(CN)CC23)c1. The molecule has 1 amide bonds. The van der Waals surface area contributed by atoms with E-state index in [1.54, 1.807) is 0 Å². The zero-order chi connectivity index (χ0) is 19.9. The van der Waals surface area contributed by atoms with Crippen LogP contribution in [0.3, 0.4) is 0 Å². The molecule has 1 aromatic carbocycles. The highest BCUT2D eigenvalue weighted by atomic mass is 28.4. The molecule has 2 saturated heterocycles. The van der Waals surface area contributed by atoms with Gasteiger partial charge in [0, 0.05) is 24.1 Å². The number of carbonyl (C=O) groups excluding carboxylic acids is 1. The molecular formula is C22H34N2O3Si. The summed E-state index contributed by atoms with van der Waals surface area (Å²) >= 11 is 0. The van der Waals surface area contributed by atoms with Gasteiger partial charge in [0.05, 0.1) is 12.7 Å². The van der Waals surface area contributed by atoms with Crippen molar-refractivity contribution in [3.05, 3.63) is 29.8 Å². The van der Waals surface area contributed by atoms with Crippen molar-refractivity contribution in [1.29, 1.82) is 0 Å². The molecule has 0 radical (unpaired) electrons. The number of benzene rings is 1. The summed E-state index contributed by atoms with van der Waals surface area (Å²) in [4.78, 5) is 25.5. The molecule has 5 nitrogen and oxygen atoms in total. The van der Waals surface area contributed by atoms with Gasteiger partial charge < -0.3 is 20.2 Å². The third kappa shape index (κ3) is 3.67. The Hall–Kier alpha value is -1.21. The van der Waals surface area contributed by atoms with E-state index in [-0.39, 0.29) is 11.3 Å². The molecule has 3 aliphatic rings. The number of rotatable bonds is 3. The number of nitrogens with zero attached hydrogens (tertiary/aromatic N) is 1. The van der Waals surface area contributed by atoms with Crippen LogP contribution < -0.4 is 10.9 Å². The zero-order valence-electron chi connectivity index (χ0n) is 17.2. The molecule has 0 aromatic heterocycles. The van der Waals surface area contributed by atoms with Crippen molar-refractivity contribution < 1.29 is 14.3 Å². The highest BCUT2D eigenvalue weighted by Gasteiger charge is 2.52. The predicted molar refractivity (Wildman–Crippen MR) is 113 cm³/mol. The van der Waals surface area contributed by atoms with Crippen LogP contribution in [-0.2, 0) is 4.74 Å². The summed E-state index contributed by atoms with van der Waals surface area (Å²) in [5, 5.41) is 0.911. The smallest absolute Gasteiger partial charge is 0.253 e. The number of amides is 1. The number of fused-ring (bicyclic) bond motifs is 2. The monoisotopic (exact) mass is 402 g/mol. The number of likely N-dealkylation sites (tertiary alicyclic amines) is 1. The lowest BCUT2D eigenvalue weighted by Crippen LogP contribution is -2.48. The van der Waals surface area contributed by atoms with Crippen LogP contribution in [0.25, 0.3) is 0 Å². The van der Waals surface area contributed by atoms with Gasteiger partial charge in [0.15, 0.2) is 0 Å². The van der Waals surface area contributed by atoms with Crippen LogP contribution in [0.4, 0.5) is 0 Å². The predicted octanol–water partition coefficient (Wildman–Crippen LogP) is 2.09. The summed E-state index contributed by atoms with van der Waals surface area (Å²) < 4.78 is 6.21. The topological polar surface area (TPSA) is 75.8 Å². The van der Waals surface area contributed by atoms with Crippen molar-refractivity contribution in [3.8, 4) is 0 Å². The molecule has 2 heterocycles. The maximum absolute atomic E-state index is 13.1. The lowest BCUT2D eigenvalue weighted by molar-refractivity contribution is 0.0393. The zero-order valence-corrected chi connectivity index (χ0v) is 18.2. The maximum atomic E-state index is 13.1. The molecule has 0 bridgehead atoms. The van der Waals surface area contributed by atoms with Gasteiger partial charge in [-0.15, -0.1) is 0 Å². The summed E-state index contributed by atoms with van der Waals surface area (Å²) in [5.41, 5.74) is 6.90. The van der Waals surface area contributed by atoms with Crippen LogP contribution in [-0.4, -0.2) is 56.3 Å². The van der Waals surface area contributed by atoms with E-state index >= 15 is 0 Å². The highest BCUT2D eigenvalue weighted by molar-refractivity contribution is 6.83. The molecule has 3 atom stereocenters. The van der Waals surface area contributed by atoms with Crippen molar-refractivity contribution >= 4 is 19.4 Å². The molecule has 1 aromatic rings. The van der Waals surface area contributed by atoms with E-state index in [0.29, 0.717) is 23.5 Å². The molecule has 3 unspecified atom stereocenters. The average molecular weight is 403 g/mol. The number of piperidine rings is 1. The van der Waals surface area contributed by atoms with E-state index in [2.05, 4.69) is 0 Å². The standard InChI is InChI=1S/C22H34N2O3Si/c1-28(2,26)18-5-3-4-17(13-18)21(25)24-10-8-22(9-11-24)15-27-20-7-6-16(14-23)12-19(20)22/h3-5,13,16,19-20,26H,6-12,14-15,23H2,1-2H3. The second-order valence-electron chi connectivity index (χ2n) is 9.67. The van der Waals surface area contributed by atoms with Gasteiger partial charge in [0.2, 0.25) is 8.32 Å². The molecule has 4 rings (SSSR count). The van der Waals surface area contributed by atoms with Gasteiger partial charge >= 0.3 is 0 Å². The summed E-state index contributed by atoms with van der Waals surface area (Å²) in [6.07, 6.45) is 5.98. The number of carbonyl (C=O) groups is 1. The normalized spacial score (nSPS) is 29.7. The van der Waals surface area contributed by atoms with Crippen molar-refractivity contribution in [3.63, 3.8) is 0 Å². The third-order valence-corrected chi connectivity index (χ3v) is 9.19. The quantitative estimate of drug-likeness (QED) is 0.759. The lowest BCUT2D eigenvalue weighted by Gasteiger charge is -2.45. The minimum atomic E-state index is -2.41. The average Bonchev–Trinajstić information content (AvgIpc) is 3.05. The van der Waals surface area contributed by atoms with Gasteiger partial charge in [0.1, 0.15) is 0 Å². The van der Waals surface area contributed by atoms with Gasteiger partial charge in [-0.1, -0.05) is 12.1 Å². The Bertz CT molecular complexity index is 725. The Morgan fingerprint density at radius 1 is 1.32 bits per heavy atom. The van der Waals surface area contributed by atoms with Crippen LogP contribution in [0, 0.1) is 17.3 Å². The summed E-state index contributed by atoms with van der Waals surface area (Å²) in [6.45, 7) is 6.99. The molecule has 3 N–H and O–H groups in total. The summed E-state index contributed by atoms with van der Waals surface area (Å²) in [5.74, 6) is 1.33. The van der Waals surface area contributed by atoms with E-state index in [1.165, 1.54) is 12.8 Å². The molecule has 2 aliphatic heterocycles. The maximum Gasteiger partial charge on any atom is 0.253 e. The Labute approximate surface area is 169 Å². The van der Waals surface area contributed by atoms with Crippen LogP contribution in [0.2, 0.25) is 13.1 Å². The van der Waals surface area contributed by atoms with Gasteiger partial charge in [-0.25, -0.2) is 0 Å². The molecule has 6 heteroatoms. The minimum absolute atomic E-state index is 0.0916. The fraction of sp³-hybridized carbons (Fsp3) is 0.682. The number of hydrogen-bond donors (Lipinski definition) is 2. The van der Waals surface area contributed by atoms with Crippen LogP contribution in [0.1, 0.15) is 42.5 Å². The fourth-order valence-corrected chi connectivity index (χ4v) is 6.57. The molecule has 154 valence electrons. The number of ether oxygens (including phenoxy) is 1. The molecular weight excluding hydrogens is 368 g/mol. The van der Waals surface area contributed by atoms with Crippen LogP contribution in [0.15, 0.2) is 24.3 Å². The molecule has 1 saturated carbocycles. The molecule has 1 spiro atoms. The van der Waals surface area contributed by atoms with E-state index < -0.39 is 8.32 Å². The highest BCUT2D eigenvalue weighted by Crippen LogP contribution is 2.52. The van der Waals surface area contributed by atoms with Gasteiger partial charge in [0.25, 0.3) is 5.91 Å². The van der Waals surface area contributed by atoms with Crippen LogP contribution >= 0.6 is 0 Å². The molecule has 28 heavy (non-hydrogen) atoms. The first-order valence-corrected chi connectivity index (χ1v) is 13.7. The Morgan fingerprint density at radius 2 is 2.07 bits per heavy atom. The van der Waals surface area contributed by atoms with Crippen LogP contribution in [0.5, 0.6) is 0 Å². The third-order valence-electron chi connectivity index (χ3n) is 7.46. The first-order chi connectivity index (χ1) is 13.3. The van der Waals surface area contributed by atoms with Crippen molar-refractivity contribution in [2.45, 2.75) is 51.3 Å².